The van der Waals surface area contributed by atoms with Gasteiger partial charge in [0.2, 0.25) is 0 Å². The number of ether oxygens (including phenoxy) is 1. The minimum Gasteiger partial charge on any atom is -0.493 e. The summed E-state index contributed by atoms with van der Waals surface area (Å²) in [5, 5.41) is 24.8. The Kier molecular flexibility index (Phi) is 5.82. The van der Waals surface area contributed by atoms with Crippen LogP contribution in [0.1, 0.15) is 42.3 Å². The molecular weight excluding hydrogens is 440 g/mol. The van der Waals surface area contributed by atoms with Crippen LogP contribution >= 0.6 is 11.6 Å². The predicted molar refractivity (Wildman–Crippen MR) is 124 cm³/mol. The fourth-order valence-corrected chi connectivity index (χ4v) is 4.11. The van der Waals surface area contributed by atoms with E-state index in [1.54, 1.807) is 23.0 Å². The Morgan fingerprint density at radius 3 is 2.70 bits per heavy atom. The van der Waals surface area contributed by atoms with E-state index in [9.17, 15) is 10.5 Å². The zero-order valence-electron chi connectivity index (χ0n) is 18.2. The maximum absolute atomic E-state index is 9.88. The Hall–Kier alpha value is -4.21. The van der Waals surface area contributed by atoms with Crippen molar-refractivity contribution in [3.05, 3.63) is 58.3 Å². The number of pyridine rings is 1. The number of fused-ring (bicyclic) bond motifs is 1. The lowest BCUT2D eigenvalue weighted by Crippen LogP contribution is -2.13. The Balaban J connectivity index is 2.02. The van der Waals surface area contributed by atoms with Crippen molar-refractivity contribution in [2.45, 2.75) is 26.8 Å². The van der Waals surface area contributed by atoms with E-state index in [0.29, 0.717) is 57.2 Å². The summed E-state index contributed by atoms with van der Waals surface area (Å²) in [4.78, 5) is 12.6. The maximum Gasteiger partial charge on any atom is 0.164 e. The molecule has 1 aromatic carbocycles. The Bertz CT molecular complexity index is 1460. The second-order valence-electron chi connectivity index (χ2n) is 7.31. The lowest BCUT2D eigenvalue weighted by atomic mass is 9.94. The van der Waals surface area contributed by atoms with E-state index < -0.39 is 0 Å². The number of hydrogen-bond donors (Lipinski definition) is 1. The number of nitriles is 2. The van der Waals surface area contributed by atoms with Gasteiger partial charge in [-0.25, -0.2) is 14.6 Å². The van der Waals surface area contributed by atoms with Gasteiger partial charge in [-0.2, -0.15) is 15.6 Å². The molecule has 4 aromatic rings. The van der Waals surface area contributed by atoms with Gasteiger partial charge in [0, 0.05) is 29.1 Å². The molecule has 0 spiro atoms. The van der Waals surface area contributed by atoms with Gasteiger partial charge in [0.05, 0.1) is 39.9 Å². The van der Waals surface area contributed by atoms with Crippen molar-refractivity contribution in [3.63, 3.8) is 0 Å². The SMILES string of the molecule is CCOc1c(C(C)n2nc(C)c3c(N)ncnc32)cc(Cl)c(C#N)c1-c1cncc(C#N)c1. The number of anilines is 1. The van der Waals surface area contributed by atoms with Crippen LogP contribution in [-0.2, 0) is 0 Å². The first-order valence-corrected chi connectivity index (χ1v) is 10.5. The molecule has 1 unspecified atom stereocenters. The number of benzene rings is 1. The van der Waals surface area contributed by atoms with Crippen molar-refractivity contribution in [1.29, 1.82) is 10.5 Å². The van der Waals surface area contributed by atoms with Crippen LogP contribution in [0.5, 0.6) is 5.75 Å². The highest BCUT2D eigenvalue weighted by molar-refractivity contribution is 6.32. The van der Waals surface area contributed by atoms with Crippen molar-refractivity contribution in [2.24, 2.45) is 0 Å². The van der Waals surface area contributed by atoms with Gasteiger partial charge in [-0.05, 0) is 32.9 Å². The van der Waals surface area contributed by atoms with Crippen molar-refractivity contribution in [1.82, 2.24) is 24.7 Å². The normalized spacial score (nSPS) is 11.7. The van der Waals surface area contributed by atoms with Crippen LogP contribution in [0.25, 0.3) is 22.2 Å². The Morgan fingerprint density at radius 2 is 2.00 bits per heavy atom. The average Bonchev–Trinajstić information content (AvgIpc) is 3.16. The van der Waals surface area contributed by atoms with Crippen LogP contribution in [0.3, 0.4) is 0 Å². The van der Waals surface area contributed by atoms with Crippen LogP contribution in [0.15, 0.2) is 30.9 Å². The summed E-state index contributed by atoms with van der Waals surface area (Å²) in [5.74, 6) is 0.810. The van der Waals surface area contributed by atoms with E-state index in [1.165, 1.54) is 12.5 Å². The molecule has 0 aliphatic rings. The molecule has 4 rings (SSSR count). The molecule has 0 bridgehead atoms. The van der Waals surface area contributed by atoms with Crippen LogP contribution in [0.2, 0.25) is 5.02 Å². The summed E-state index contributed by atoms with van der Waals surface area (Å²) in [6.45, 7) is 5.96. The second kappa shape index (κ2) is 8.73. The van der Waals surface area contributed by atoms with Gasteiger partial charge in [0.15, 0.2) is 5.65 Å². The number of rotatable bonds is 5. The molecule has 33 heavy (non-hydrogen) atoms. The first-order valence-electron chi connectivity index (χ1n) is 10.1. The minimum absolute atomic E-state index is 0.237. The van der Waals surface area contributed by atoms with Gasteiger partial charge in [0.25, 0.3) is 0 Å². The third-order valence-corrected chi connectivity index (χ3v) is 5.62. The van der Waals surface area contributed by atoms with Crippen LogP contribution in [0, 0.1) is 29.6 Å². The zero-order valence-corrected chi connectivity index (χ0v) is 18.9. The highest BCUT2D eigenvalue weighted by Gasteiger charge is 2.26. The molecule has 1 atom stereocenters. The molecule has 164 valence electrons. The quantitative estimate of drug-likeness (QED) is 0.469. The Morgan fingerprint density at radius 1 is 1.21 bits per heavy atom. The monoisotopic (exact) mass is 458 g/mol. The van der Waals surface area contributed by atoms with Crippen molar-refractivity contribution in [2.75, 3.05) is 12.3 Å². The smallest absolute Gasteiger partial charge is 0.164 e. The Labute approximate surface area is 195 Å². The van der Waals surface area contributed by atoms with Gasteiger partial charge >= 0.3 is 0 Å². The predicted octanol–water partition coefficient (Wildman–Crippen LogP) is 4.18. The molecule has 9 nitrogen and oxygen atoms in total. The van der Waals surface area contributed by atoms with E-state index in [-0.39, 0.29) is 16.6 Å². The minimum atomic E-state index is -0.381. The number of aromatic nitrogens is 5. The first kappa shape index (κ1) is 22.0. The number of nitrogens with zero attached hydrogens (tertiary/aromatic N) is 7. The van der Waals surface area contributed by atoms with Crippen molar-refractivity contribution >= 4 is 28.5 Å². The summed E-state index contributed by atoms with van der Waals surface area (Å²) in [7, 11) is 0. The summed E-state index contributed by atoms with van der Waals surface area (Å²) in [5.41, 5.74) is 9.64. The van der Waals surface area contributed by atoms with Gasteiger partial charge < -0.3 is 10.5 Å². The summed E-state index contributed by atoms with van der Waals surface area (Å²) in [6, 6.07) is 7.21. The third kappa shape index (κ3) is 3.69. The number of aryl methyl sites for hydroxylation is 1. The topological polar surface area (TPSA) is 139 Å². The van der Waals surface area contributed by atoms with E-state index in [1.807, 2.05) is 20.8 Å². The fourth-order valence-electron chi connectivity index (χ4n) is 3.86. The maximum atomic E-state index is 9.88. The average molecular weight is 459 g/mol. The van der Waals surface area contributed by atoms with Gasteiger partial charge in [-0.1, -0.05) is 11.6 Å². The molecular formula is C23H19ClN8O. The number of halogens is 1. The molecule has 0 aliphatic carbocycles. The molecule has 0 saturated heterocycles. The number of nitrogens with two attached hydrogens (primary N) is 1. The largest absolute Gasteiger partial charge is 0.493 e. The van der Waals surface area contributed by atoms with Gasteiger partial charge in [-0.15, -0.1) is 0 Å². The lowest BCUT2D eigenvalue weighted by Gasteiger charge is -2.22. The summed E-state index contributed by atoms with van der Waals surface area (Å²) < 4.78 is 7.79. The summed E-state index contributed by atoms with van der Waals surface area (Å²) in [6.07, 6.45) is 4.42. The summed E-state index contributed by atoms with van der Waals surface area (Å²) >= 11 is 6.57. The molecule has 3 aromatic heterocycles. The highest BCUT2D eigenvalue weighted by Crippen LogP contribution is 2.43. The molecule has 0 amide bonds. The molecule has 10 heteroatoms. The van der Waals surface area contributed by atoms with Crippen molar-refractivity contribution in [3.8, 4) is 29.0 Å². The van der Waals surface area contributed by atoms with Crippen molar-refractivity contribution < 1.29 is 4.74 Å². The van der Waals surface area contributed by atoms with E-state index in [0.717, 1.165) is 0 Å². The lowest BCUT2D eigenvalue weighted by molar-refractivity contribution is 0.333. The van der Waals surface area contributed by atoms with Crippen LogP contribution in [0.4, 0.5) is 5.82 Å². The molecule has 0 saturated carbocycles. The molecule has 0 aliphatic heterocycles. The second-order valence-corrected chi connectivity index (χ2v) is 7.72. The fraction of sp³-hybridized carbons (Fsp3) is 0.217. The highest BCUT2D eigenvalue weighted by atomic mass is 35.5. The van der Waals surface area contributed by atoms with E-state index in [4.69, 9.17) is 22.1 Å². The van der Waals surface area contributed by atoms with Crippen LogP contribution in [-0.4, -0.2) is 31.3 Å². The van der Waals surface area contributed by atoms with Crippen LogP contribution < -0.4 is 10.5 Å². The molecule has 2 N–H and O–H groups in total. The zero-order chi connectivity index (χ0) is 23.7. The van der Waals surface area contributed by atoms with E-state index in [2.05, 4.69) is 32.2 Å². The third-order valence-electron chi connectivity index (χ3n) is 5.33. The number of nitrogen functional groups attached to an aromatic ring is 1. The molecule has 3 heterocycles. The van der Waals surface area contributed by atoms with E-state index >= 15 is 0 Å². The molecule has 0 fully saturated rings. The van der Waals surface area contributed by atoms with Gasteiger partial charge in [0.1, 0.15) is 30.0 Å². The first-order chi connectivity index (χ1) is 15.9. The molecule has 0 radical (unpaired) electrons. The standard InChI is InChI=1S/C23H19ClN8O/c1-4-33-21-16(13(3)32-23-19(12(2)31-32)22(27)29-11-30-23)6-18(24)17(8-26)20(21)15-5-14(7-25)9-28-10-15/h5-6,9-11,13H,4H2,1-3H3,(H2,27,29,30). The van der Waals surface area contributed by atoms with Gasteiger partial charge in [-0.3, -0.25) is 4.98 Å². The number of hydrogen-bond acceptors (Lipinski definition) is 8.